The van der Waals surface area contributed by atoms with Crippen LogP contribution in [0.1, 0.15) is 25.7 Å². The molecule has 0 aliphatic carbocycles. The predicted molar refractivity (Wildman–Crippen MR) is 65.7 cm³/mol. The quantitative estimate of drug-likeness (QED) is 0.750. The zero-order valence-corrected chi connectivity index (χ0v) is 10.3. The first-order valence-electron chi connectivity index (χ1n) is 5.97. The van der Waals surface area contributed by atoms with Crippen LogP contribution in [-0.2, 0) is 4.79 Å². The lowest BCUT2D eigenvalue weighted by Crippen LogP contribution is -2.61. The Morgan fingerprint density at radius 2 is 2.12 bits per heavy atom. The molecule has 0 aromatic carbocycles. The minimum absolute atomic E-state index is 0.152. The van der Waals surface area contributed by atoms with Gasteiger partial charge in [0.1, 0.15) is 5.54 Å². The van der Waals surface area contributed by atoms with Gasteiger partial charge in [0.05, 0.1) is 0 Å². The second kappa shape index (κ2) is 4.94. The highest BCUT2D eigenvalue weighted by Crippen LogP contribution is 2.34. The van der Waals surface area contributed by atoms with Crippen molar-refractivity contribution >= 4 is 17.7 Å². The molecule has 0 bridgehead atoms. The second-order valence-electron chi connectivity index (χ2n) is 4.80. The number of carbonyl (C=O) groups is 1. The number of nitrogens with zero attached hydrogens (tertiary/aromatic N) is 1. The Hall–Kier alpha value is -0.260. The molecule has 92 valence electrons. The van der Waals surface area contributed by atoms with Gasteiger partial charge in [0.15, 0.2) is 0 Å². The summed E-state index contributed by atoms with van der Waals surface area (Å²) in [7, 11) is 0. The van der Waals surface area contributed by atoms with E-state index in [1.54, 1.807) is 0 Å². The Balaban J connectivity index is 2.14. The molecule has 2 aliphatic rings. The van der Waals surface area contributed by atoms with Gasteiger partial charge < -0.3 is 10.8 Å². The van der Waals surface area contributed by atoms with E-state index in [4.69, 9.17) is 5.73 Å². The molecular weight excluding hydrogens is 224 g/mol. The molecule has 0 saturated carbocycles. The first-order chi connectivity index (χ1) is 7.65. The zero-order valence-electron chi connectivity index (χ0n) is 9.52. The van der Waals surface area contributed by atoms with Crippen LogP contribution in [0.4, 0.5) is 0 Å². The van der Waals surface area contributed by atoms with Gasteiger partial charge in [-0.05, 0) is 43.7 Å². The van der Waals surface area contributed by atoms with E-state index >= 15 is 0 Å². The lowest BCUT2D eigenvalue weighted by Gasteiger charge is -2.46. The summed E-state index contributed by atoms with van der Waals surface area (Å²) >= 11 is 1.86. The number of hydrogen-bond acceptors (Lipinski definition) is 4. The highest BCUT2D eigenvalue weighted by atomic mass is 32.2. The van der Waals surface area contributed by atoms with Crippen LogP contribution >= 0.6 is 11.8 Å². The van der Waals surface area contributed by atoms with Crippen LogP contribution in [0.5, 0.6) is 0 Å². The van der Waals surface area contributed by atoms with Crippen molar-refractivity contribution in [3.8, 4) is 0 Å². The maximum atomic E-state index is 11.6. The number of rotatable bonds is 2. The SMILES string of the molecule is NC1CCCN(C2(C(=O)O)CCSCC2)C1. The molecule has 0 radical (unpaired) electrons. The molecule has 2 rings (SSSR count). The maximum absolute atomic E-state index is 11.6. The van der Waals surface area contributed by atoms with E-state index in [1.165, 1.54) is 0 Å². The van der Waals surface area contributed by atoms with Gasteiger partial charge in [0.2, 0.25) is 0 Å². The van der Waals surface area contributed by atoms with Gasteiger partial charge in [0, 0.05) is 12.6 Å². The first-order valence-corrected chi connectivity index (χ1v) is 7.12. The van der Waals surface area contributed by atoms with Gasteiger partial charge >= 0.3 is 5.97 Å². The van der Waals surface area contributed by atoms with Crippen molar-refractivity contribution in [3.63, 3.8) is 0 Å². The molecule has 0 spiro atoms. The first kappa shape index (κ1) is 12.2. The van der Waals surface area contributed by atoms with E-state index in [9.17, 15) is 9.90 Å². The maximum Gasteiger partial charge on any atom is 0.324 e. The average Bonchev–Trinajstić information content (AvgIpc) is 2.30. The third-order valence-corrected chi connectivity index (χ3v) is 4.77. The summed E-state index contributed by atoms with van der Waals surface area (Å²) in [5, 5.41) is 9.54. The summed E-state index contributed by atoms with van der Waals surface area (Å²) in [5.41, 5.74) is 5.33. The highest BCUT2D eigenvalue weighted by Gasteiger charge is 2.46. The Labute approximate surface area is 101 Å². The van der Waals surface area contributed by atoms with E-state index in [0.29, 0.717) is 0 Å². The third kappa shape index (κ3) is 2.21. The number of aliphatic carboxylic acids is 1. The van der Waals surface area contributed by atoms with Gasteiger partial charge in [-0.1, -0.05) is 0 Å². The van der Waals surface area contributed by atoms with Crippen molar-refractivity contribution < 1.29 is 9.90 Å². The molecule has 0 aromatic rings. The van der Waals surface area contributed by atoms with Crippen molar-refractivity contribution in [2.24, 2.45) is 5.73 Å². The molecule has 2 fully saturated rings. The molecule has 0 amide bonds. The van der Waals surface area contributed by atoms with Crippen LogP contribution in [0.2, 0.25) is 0 Å². The van der Waals surface area contributed by atoms with E-state index in [2.05, 4.69) is 4.90 Å². The Kier molecular flexibility index (Phi) is 3.77. The third-order valence-electron chi connectivity index (χ3n) is 3.78. The van der Waals surface area contributed by atoms with Crippen molar-refractivity contribution in [1.82, 2.24) is 4.90 Å². The van der Waals surface area contributed by atoms with Crippen LogP contribution in [0, 0.1) is 0 Å². The summed E-state index contributed by atoms with van der Waals surface area (Å²) in [6, 6.07) is 0.152. The van der Waals surface area contributed by atoms with E-state index < -0.39 is 11.5 Å². The molecule has 5 heteroatoms. The minimum atomic E-state index is -0.651. The molecule has 3 N–H and O–H groups in total. The summed E-state index contributed by atoms with van der Waals surface area (Å²) < 4.78 is 0. The normalized spacial score (nSPS) is 31.2. The minimum Gasteiger partial charge on any atom is -0.480 e. The molecule has 16 heavy (non-hydrogen) atoms. The molecule has 0 aromatic heterocycles. The Morgan fingerprint density at radius 1 is 1.44 bits per heavy atom. The van der Waals surface area contributed by atoms with Crippen LogP contribution in [0.25, 0.3) is 0 Å². The standard InChI is InChI=1S/C11H20N2O2S/c12-9-2-1-5-13(8-9)11(10(14)15)3-6-16-7-4-11/h9H,1-8,12H2,(H,14,15). The van der Waals surface area contributed by atoms with Gasteiger partial charge in [-0.25, -0.2) is 0 Å². The number of carboxylic acid groups (broad SMARTS) is 1. The fourth-order valence-electron chi connectivity index (χ4n) is 2.77. The van der Waals surface area contributed by atoms with E-state index in [-0.39, 0.29) is 6.04 Å². The smallest absolute Gasteiger partial charge is 0.324 e. The molecule has 1 atom stereocenters. The van der Waals surface area contributed by atoms with Crippen molar-refractivity contribution in [1.29, 1.82) is 0 Å². The van der Waals surface area contributed by atoms with Crippen molar-refractivity contribution in [3.05, 3.63) is 0 Å². The summed E-state index contributed by atoms with van der Waals surface area (Å²) in [6.45, 7) is 1.64. The van der Waals surface area contributed by atoms with E-state index in [1.807, 2.05) is 11.8 Å². The van der Waals surface area contributed by atoms with Crippen molar-refractivity contribution in [2.75, 3.05) is 24.6 Å². The largest absolute Gasteiger partial charge is 0.480 e. The summed E-state index contributed by atoms with van der Waals surface area (Å²) in [4.78, 5) is 13.7. The van der Waals surface area contributed by atoms with Gasteiger partial charge in [-0.3, -0.25) is 9.69 Å². The van der Waals surface area contributed by atoms with Gasteiger partial charge in [0.25, 0.3) is 0 Å². The molecule has 2 heterocycles. The number of likely N-dealkylation sites (tertiary alicyclic amines) is 1. The summed E-state index contributed by atoms with van der Waals surface area (Å²) in [6.07, 6.45) is 3.59. The van der Waals surface area contributed by atoms with E-state index in [0.717, 1.165) is 50.3 Å². The predicted octanol–water partition coefficient (Wildman–Crippen LogP) is 0.760. The summed E-state index contributed by atoms with van der Waals surface area (Å²) in [5.74, 6) is 1.26. The molecule has 2 saturated heterocycles. The number of thioether (sulfide) groups is 1. The number of piperidine rings is 1. The van der Waals surface area contributed by atoms with Crippen LogP contribution < -0.4 is 5.73 Å². The average molecular weight is 244 g/mol. The monoisotopic (exact) mass is 244 g/mol. The van der Waals surface area contributed by atoms with Crippen molar-refractivity contribution in [2.45, 2.75) is 37.3 Å². The van der Waals surface area contributed by atoms with Crippen LogP contribution in [0.3, 0.4) is 0 Å². The lowest BCUT2D eigenvalue weighted by molar-refractivity contribution is -0.153. The highest BCUT2D eigenvalue weighted by molar-refractivity contribution is 7.99. The Bertz CT molecular complexity index is 267. The lowest BCUT2D eigenvalue weighted by atomic mass is 9.87. The molecule has 4 nitrogen and oxygen atoms in total. The topological polar surface area (TPSA) is 66.6 Å². The molecule has 2 aliphatic heterocycles. The van der Waals surface area contributed by atoms with Gasteiger partial charge in [-0.2, -0.15) is 11.8 Å². The zero-order chi connectivity index (χ0) is 11.6. The molecular formula is C11H20N2O2S. The fourth-order valence-corrected chi connectivity index (χ4v) is 3.94. The number of nitrogens with two attached hydrogens (primary N) is 1. The number of carboxylic acids is 1. The Morgan fingerprint density at radius 3 is 2.69 bits per heavy atom. The molecule has 1 unspecified atom stereocenters. The van der Waals surface area contributed by atoms with Crippen LogP contribution in [-0.4, -0.2) is 52.2 Å². The van der Waals surface area contributed by atoms with Gasteiger partial charge in [-0.15, -0.1) is 0 Å². The van der Waals surface area contributed by atoms with Crippen LogP contribution in [0.15, 0.2) is 0 Å². The fraction of sp³-hybridized carbons (Fsp3) is 0.909. The second-order valence-corrected chi connectivity index (χ2v) is 6.02. The number of hydrogen-bond donors (Lipinski definition) is 2.